The molecule has 84 valence electrons. The molecule has 15 heavy (non-hydrogen) atoms. The number of halogens is 1. The lowest BCUT2D eigenvalue weighted by atomic mass is 10.2. The zero-order valence-corrected chi connectivity index (χ0v) is 10.1. The Morgan fingerprint density at radius 2 is 2.20 bits per heavy atom. The molecule has 1 rings (SSSR count). The predicted molar refractivity (Wildman–Crippen MR) is 62.8 cm³/mol. The highest BCUT2D eigenvalue weighted by atomic mass is 35.5. The average Bonchev–Trinajstić information content (AvgIpc) is 2.21. The Kier molecular flexibility index (Phi) is 4.15. The second kappa shape index (κ2) is 5.16. The minimum Gasteiger partial charge on any atom is -0.356 e. The minimum atomic E-state index is -0.0147. The number of aromatic nitrogens is 2. The van der Waals surface area contributed by atoms with Crippen LogP contribution >= 0.6 is 11.6 Å². The van der Waals surface area contributed by atoms with Gasteiger partial charge in [0.15, 0.2) is 0 Å². The molecule has 0 aromatic carbocycles. The lowest BCUT2D eigenvalue weighted by Gasteiger charge is -2.11. The average molecular weight is 230 g/mol. The van der Waals surface area contributed by atoms with Gasteiger partial charge in [0.2, 0.25) is 5.95 Å². The monoisotopic (exact) mass is 229 g/mol. The first-order valence-electron chi connectivity index (χ1n) is 4.98. The largest absolute Gasteiger partial charge is 0.356 e. The highest BCUT2D eigenvalue weighted by Gasteiger charge is 2.10. The van der Waals surface area contributed by atoms with Crippen LogP contribution in [0.4, 0.5) is 5.95 Å². The van der Waals surface area contributed by atoms with Crippen LogP contribution in [-0.2, 0) is 13.5 Å². The molecule has 0 aliphatic rings. The lowest BCUT2D eigenvalue weighted by molar-refractivity contribution is 0.790. The molecule has 1 heterocycles. The summed E-state index contributed by atoms with van der Waals surface area (Å²) >= 11 is 5.64. The van der Waals surface area contributed by atoms with Crippen LogP contribution < -0.4 is 10.9 Å². The Balaban J connectivity index is 3.25. The number of aryl methyl sites for hydroxylation is 1. The third-order valence-corrected chi connectivity index (χ3v) is 2.46. The number of anilines is 1. The lowest BCUT2D eigenvalue weighted by Crippen LogP contribution is -2.27. The van der Waals surface area contributed by atoms with Crippen LogP contribution in [-0.4, -0.2) is 22.0 Å². The third-order valence-electron chi connectivity index (χ3n) is 2.27. The van der Waals surface area contributed by atoms with Crippen LogP contribution in [0.5, 0.6) is 0 Å². The first-order chi connectivity index (χ1) is 7.11. The second-order valence-corrected chi connectivity index (χ2v) is 3.71. The number of hydrogen-bond donors (Lipinski definition) is 1. The Morgan fingerprint density at radius 3 is 2.73 bits per heavy atom. The van der Waals surface area contributed by atoms with Gasteiger partial charge in [0.25, 0.3) is 5.56 Å². The van der Waals surface area contributed by atoms with Gasteiger partial charge in [-0.2, -0.15) is 0 Å². The molecule has 1 aromatic rings. The van der Waals surface area contributed by atoms with Crippen molar-refractivity contribution in [2.24, 2.45) is 7.05 Å². The van der Waals surface area contributed by atoms with Crippen LogP contribution in [0.3, 0.4) is 0 Å². The van der Waals surface area contributed by atoms with Gasteiger partial charge in [-0.05, 0) is 20.3 Å². The molecular weight excluding hydrogens is 214 g/mol. The molecule has 0 amide bonds. The fraction of sp³-hybridized carbons (Fsp3) is 0.600. The molecule has 0 saturated carbocycles. The first-order valence-corrected chi connectivity index (χ1v) is 5.51. The summed E-state index contributed by atoms with van der Waals surface area (Å²) in [6.07, 6.45) is 0.569. The normalized spacial score (nSPS) is 10.4. The van der Waals surface area contributed by atoms with E-state index < -0.39 is 0 Å². The van der Waals surface area contributed by atoms with Crippen LogP contribution in [0, 0.1) is 6.92 Å². The van der Waals surface area contributed by atoms with Crippen LogP contribution in [0.1, 0.15) is 18.2 Å². The van der Waals surface area contributed by atoms with Crippen molar-refractivity contribution in [3.05, 3.63) is 21.6 Å². The quantitative estimate of drug-likeness (QED) is 0.792. The van der Waals surface area contributed by atoms with Gasteiger partial charge in [0.05, 0.1) is 0 Å². The smallest absolute Gasteiger partial charge is 0.258 e. The summed E-state index contributed by atoms with van der Waals surface area (Å²) in [7, 11) is 1.71. The van der Waals surface area contributed by atoms with Crippen LogP contribution in [0.25, 0.3) is 0 Å². The topological polar surface area (TPSA) is 46.9 Å². The first kappa shape index (κ1) is 12.0. The standard InChI is InChI=1S/C10H16ClN3O/c1-4-12-10-13-7(2)8(5-6-11)9(15)14(10)3/h4-6H2,1-3H3,(H,12,13). The van der Waals surface area contributed by atoms with E-state index in [1.807, 2.05) is 13.8 Å². The fourth-order valence-electron chi connectivity index (χ4n) is 1.45. The molecule has 0 aliphatic carbocycles. The van der Waals surface area contributed by atoms with E-state index in [2.05, 4.69) is 10.3 Å². The number of rotatable bonds is 4. The van der Waals surface area contributed by atoms with E-state index in [4.69, 9.17) is 11.6 Å². The fourth-order valence-corrected chi connectivity index (χ4v) is 1.64. The molecule has 0 radical (unpaired) electrons. The highest BCUT2D eigenvalue weighted by Crippen LogP contribution is 2.06. The van der Waals surface area contributed by atoms with Gasteiger partial charge in [-0.25, -0.2) is 4.98 Å². The van der Waals surface area contributed by atoms with E-state index >= 15 is 0 Å². The van der Waals surface area contributed by atoms with Gasteiger partial charge >= 0.3 is 0 Å². The highest BCUT2D eigenvalue weighted by molar-refractivity contribution is 6.17. The summed E-state index contributed by atoms with van der Waals surface area (Å²) < 4.78 is 1.53. The van der Waals surface area contributed by atoms with Crippen LogP contribution in [0.2, 0.25) is 0 Å². The maximum absolute atomic E-state index is 11.9. The molecule has 0 spiro atoms. The van der Waals surface area contributed by atoms with Crippen molar-refractivity contribution in [2.45, 2.75) is 20.3 Å². The number of alkyl halides is 1. The minimum absolute atomic E-state index is 0.0147. The second-order valence-electron chi connectivity index (χ2n) is 3.33. The van der Waals surface area contributed by atoms with E-state index in [1.165, 1.54) is 4.57 Å². The molecule has 0 fully saturated rings. The van der Waals surface area contributed by atoms with Crippen molar-refractivity contribution >= 4 is 17.5 Å². The van der Waals surface area contributed by atoms with Crippen molar-refractivity contribution in [1.29, 1.82) is 0 Å². The Labute approximate surface area is 94.3 Å². The maximum atomic E-state index is 11.9. The van der Waals surface area contributed by atoms with Crippen molar-refractivity contribution in [3.8, 4) is 0 Å². The third kappa shape index (κ3) is 2.50. The molecule has 4 nitrogen and oxygen atoms in total. The van der Waals surface area contributed by atoms with Gasteiger partial charge in [0.1, 0.15) is 0 Å². The maximum Gasteiger partial charge on any atom is 0.258 e. The predicted octanol–water partition coefficient (Wildman–Crippen LogP) is 1.30. The summed E-state index contributed by atoms with van der Waals surface area (Å²) in [6.45, 7) is 4.55. The Morgan fingerprint density at radius 1 is 1.53 bits per heavy atom. The zero-order chi connectivity index (χ0) is 11.4. The Bertz CT molecular complexity index is 400. The molecule has 1 aromatic heterocycles. The van der Waals surface area contributed by atoms with Gasteiger partial charge < -0.3 is 5.32 Å². The van der Waals surface area contributed by atoms with Gasteiger partial charge in [-0.1, -0.05) is 0 Å². The molecule has 0 bridgehead atoms. The van der Waals surface area contributed by atoms with E-state index in [0.717, 1.165) is 12.2 Å². The number of nitrogens with zero attached hydrogens (tertiary/aromatic N) is 2. The number of hydrogen-bond acceptors (Lipinski definition) is 3. The van der Waals surface area contributed by atoms with Crippen LogP contribution in [0.15, 0.2) is 4.79 Å². The molecular formula is C10H16ClN3O. The molecule has 0 aliphatic heterocycles. The van der Waals surface area contributed by atoms with Crippen molar-refractivity contribution in [3.63, 3.8) is 0 Å². The van der Waals surface area contributed by atoms with Crippen molar-refractivity contribution < 1.29 is 0 Å². The summed E-state index contributed by atoms with van der Waals surface area (Å²) in [5.74, 6) is 1.05. The molecule has 0 saturated heterocycles. The molecule has 5 heteroatoms. The van der Waals surface area contributed by atoms with Gasteiger partial charge in [-0.15, -0.1) is 11.6 Å². The number of nitrogens with one attached hydrogen (secondary N) is 1. The van der Waals surface area contributed by atoms with E-state index in [-0.39, 0.29) is 5.56 Å². The summed E-state index contributed by atoms with van der Waals surface area (Å²) in [4.78, 5) is 16.2. The Hall–Kier alpha value is -1.03. The van der Waals surface area contributed by atoms with E-state index in [1.54, 1.807) is 7.05 Å². The van der Waals surface area contributed by atoms with Crippen molar-refractivity contribution in [1.82, 2.24) is 9.55 Å². The summed E-state index contributed by atoms with van der Waals surface area (Å²) in [6, 6.07) is 0. The SMILES string of the molecule is CCNc1nc(C)c(CCCl)c(=O)n1C. The van der Waals surface area contributed by atoms with Crippen molar-refractivity contribution in [2.75, 3.05) is 17.7 Å². The summed E-state index contributed by atoms with van der Waals surface area (Å²) in [5.41, 5.74) is 1.45. The van der Waals surface area contributed by atoms with E-state index in [0.29, 0.717) is 23.8 Å². The zero-order valence-electron chi connectivity index (χ0n) is 9.30. The molecule has 0 unspecified atom stereocenters. The van der Waals surface area contributed by atoms with Gasteiger partial charge in [0, 0.05) is 30.7 Å². The molecule has 1 N–H and O–H groups in total. The summed E-state index contributed by atoms with van der Waals surface area (Å²) in [5, 5.41) is 3.05. The van der Waals surface area contributed by atoms with E-state index in [9.17, 15) is 4.79 Å². The molecule has 0 atom stereocenters. The van der Waals surface area contributed by atoms with Gasteiger partial charge in [-0.3, -0.25) is 9.36 Å².